The van der Waals surface area contributed by atoms with Crippen LogP contribution in [0.2, 0.25) is 0 Å². The molecule has 0 aliphatic rings. The van der Waals surface area contributed by atoms with Gasteiger partial charge in [0.1, 0.15) is 11.5 Å². The van der Waals surface area contributed by atoms with Crippen molar-refractivity contribution in [3.8, 4) is 22.6 Å². The van der Waals surface area contributed by atoms with Crippen LogP contribution in [-0.2, 0) is 6.42 Å². The maximum atomic E-state index is 12.3. The fourth-order valence-corrected chi connectivity index (χ4v) is 3.44. The maximum absolute atomic E-state index is 12.3. The lowest BCUT2D eigenvalue weighted by atomic mass is 9.95. The zero-order valence-corrected chi connectivity index (χ0v) is 17.4. The molecule has 0 aromatic heterocycles. The molecule has 29 heavy (non-hydrogen) atoms. The van der Waals surface area contributed by atoms with Crippen molar-refractivity contribution in [2.75, 3.05) is 7.11 Å². The number of benzene rings is 3. The van der Waals surface area contributed by atoms with E-state index in [-0.39, 0.29) is 5.97 Å². The van der Waals surface area contributed by atoms with Gasteiger partial charge in [-0.2, -0.15) is 0 Å². The molecule has 0 bridgehead atoms. The Balaban J connectivity index is 1.62. The van der Waals surface area contributed by atoms with E-state index in [0.29, 0.717) is 23.0 Å². The van der Waals surface area contributed by atoms with Crippen molar-refractivity contribution in [2.24, 2.45) is 5.92 Å². The number of carbonyl (C=O) groups is 1. The van der Waals surface area contributed by atoms with Crippen LogP contribution in [0.4, 0.5) is 0 Å². The Kier molecular flexibility index (Phi) is 7.07. The topological polar surface area (TPSA) is 35.5 Å². The molecule has 3 heteroatoms. The molecule has 0 N–H and O–H groups in total. The van der Waals surface area contributed by atoms with Crippen LogP contribution >= 0.6 is 0 Å². The highest BCUT2D eigenvalue weighted by Gasteiger charge is 2.09. The van der Waals surface area contributed by atoms with E-state index in [0.717, 1.165) is 17.5 Å². The van der Waals surface area contributed by atoms with E-state index in [1.165, 1.54) is 18.4 Å². The summed E-state index contributed by atoms with van der Waals surface area (Å²) in [6.07, 6.45) is 3.61. The summed E-state index contributed by atoms with van der Waals surface area (Å²) in [7, 11) is 1.59. The van der Waals surface area contributed by atoms with Crippen LogP contribution in [0.1, 0.15) is 42.6 Å². The zero-order chi connectivity index (χ0) is 20.6. The third-order valence-electron chi connectivity index (χ3n) is 5.04. The lowest BCUT2D eigenvalue weighted by molar-refractivity contribution is 0.0734. The molecule has 3 rings (SSSR count). The van der Waals surface area contributed by atoms with Gasteiger partial charge in [-0.05, 0) is 65.4 Å². The molecule has 0 radical (unpaired) electrons. The molecular formula is C26H28O3. The molecule has 0 heterocycles. The molecule has 0 saturated heterocycles. The van der Waals surface area contributed by atoms with E-state index in [1.807, 2.05) is 24.3 Å². The molecule has 0 amide bonds. The first kappa shape index (κ1) is 20.7. The van der Waals surface area contributed by atoms with Crippen molar-refractivity contribution >= 4 is 5.97 Å². The van der Waals surface area contributed by atoms with E-state index in [4.69, 9.17) is 9.47 Å². The molecule has 1 atom stereocenters. The number of methoxy groups -OCH3 is 1. The van der Waals surface area contributed by atoms with Gasteiger partial charge in [0.2, 0.25) is 0 Å². The summed E-state index contributed by atoms with van der Waals surface area (Å²) in [5, 5.41) is 0. The van der Waals surface area contributed by atoms with Gasteiger partial charge in [0.15, 0.2) is 0 Å². The van der Waals surface area contributed by atoms with E-state index >= 15 is 0 Å². The third-order valence-corrected chi connectivity index (χ3v) is 5.04. The van der Waals surface area contributed by atoms with Crippen molar-refractivity contribution in [1.29, 1.82) is 0 Å². The summed E-state index contributed by atoms with van der Waals surface area (Å²) >= 11 is 0. The molecule has 1 unspecified atom stereocenters. The van der Waals surface area contributed by atoms with Gasteiger partial charge in [0.25, 0.3) is 0 Å². The number of hydrogen-bond acceptors (Lipinski definition) is 3. The van der Waals surface area contributed by atoms with Crippen LogP contribution in [0.15, 0.2) is 72.8 Å². The second-order valence-corrected chi connectivity index (χ2v) is 7.44. The van der Waals surface area contributed by atoms with Gasteiger partial charge in [0.05, 0.1) is 12.7 Å². The van der Waals surface area contributed by atoms with Gasteiger partial charge in [-0.3, -0.25) is 0 Å². The Morgan fingerprint density at radius 3 is 1.93 bits per heavy atom. The second kappa shape index (κ2) is 9.92. The largest absolute Gasteiger partial charge is 0.497 e. The van der Waals surface area contributed by atoms with Crippen molar-refractivity contribution in [3.63, 3.8) is 0 Å². The van der Waals surface area contributed by atoms with E-state index in [1.54, 1.807) is 31.4 Å². The number of ether oxygens (including phenoxy) is 2. The van der Waals surface area contributed by atoms with Crippen LogP contribution in [0, 0.1) is 5.92 Å². The standard InChI is InChI=1S/C26H28O3/c1-4-5-19(2)18-20-6-8-21(9-7-20)22-10-16-25(17-11-22)29-26(27)23-12-14-24(28-3)15-13-23/h6-17,19H,4-5,18H2,1-3H3. The minimum absolute atomic E-state index is 0.383. The predicted octanol–water partition coefficient (Wildman–Crippen LogP) is 6.56. The minimum Gasteiger partial charge on any atom is -0.497 e. The summed E-state index contributed by atoms with van der Waals surface area (Å²) in [4.78, 5) is 12.3. The maximum Gasteiger partial charge on any atom is 0.343 e. The number of rotatable bonds is 8. The van der Waals surface area contributed by atoms with Crippen LogP contribution < -0.4 is 9.47 Å². The Hall–Kier alpha value is -3.07. The predicted molar refractivity (Wildman–Crippen MR) is 118 cm³/mol. The van der Waals surface area contributed by atoms with Gasteiger partial charge >= 0.3 is 5.97 Å². The summed E-state index contributed by atoms with van der Waals surface area (Å²) in [6.45, 7) is 4.54. The lowest BCUT2D eigenvalue weighted by Crippen LogP contribution is -2.08. The molecule has 0 fully saturated rings. The van der Waals surface area contributed by atoms with Crippen LogP contribution in [0.3, 0.4) is 0 Å². The molecule has 0 spiro atoms. The molecule has 0 aliphatic carbocycles. The normalized spacial score (nSPS) is 11.7. The quantitative estimate of drug-likeness (QED) is 0.324. The monoisotopic (exact) mass is 388 g/mol. The van der Waals surface area contributed by atoms with Gasteiger partial charge in [0, 0.05) is 0 Å². The van der Waals surface area contributed by atoms with Gasteiger partial charge in [-0.15, -0.1) is 0 Å². The first-order chi connectivity index (χ1) is 14.1. The summed E-state index contributed by atoms with van der Waals surface area (Å²) in [5.74, 6) is 1.56. The van der Waals surface area contributed by atoms with Crippen molar-refractivity contribution < 1.29 is 14.3 Å². The minimum atomic E-state index is -0.383. The average Bonchev–Trinajstić information content (AvgIpc) is 2.75. The average molecular weight is 389 g/mol. The Morgan fingerprint density at radius 1 is 0.828 bits per heavy atom. The Labute approximate surface area is 173 Å². The van der Waals surface area contributed by atoms with Gasteiger partial charge in [-0.25, -0.2) is 4.79 Å². The van der Waals surface area contributed by atoms with Gasteiger partial charge in [-0.1, -0.05) is 63.1 Å². The van der Waals surface area contributed by atoms with Crippen LogP contribution in [0.5, 0.6) is 11.5 Å². The highest BCUT2D eigenvalue weighted by molar-refractivity contribution is 5.91. The van der Waals surface area contributed by atoms with Crippen molar-refractivity contribution in [3.05, 3.63) is 83.9 Å². The summed E-state index contributed by atoms with van der Waals surface area (Å²) in [6, 6.07) is 23.2. The smallest absolute Gasteiger partial charge is 0.343 e. The molecule has 3 aromatic carbocycles. The molecule has 0 aliphatic heterocycles. The van der Waals surface area contributed by atoms with Crippen LogP contribution in [0.25, 0.3) is 11.1 Å². The fourth-order valence-electron chi connectivity index (χ4n) is 3.44. The van der Waals surface area contributed by atoms with Crippen molar-refractivity contribution in [2.45, 2.75) is 33.1 Å². The Morgan fingerprint density at radius 2 is 1.38 bits per heavy atom. The molecule has 3 aromatic rings. The number of esters is 1. The number of hydrogen-bond donors (Lipinski definition) is 0. The molecular weight excluding hydrogens is 360 g/mol. The first-order valence-electron chi connectivity index (χ1n) is 10.1. The van der Waals surface area contributed by atoms with Crippen molar-refractivity contribution in [1.82, 2.24) is 0 Å². The molecule has 0 saturated carbocycles. The first-order valence-corrected chi connectivity index (χ1v) is 10.1. The summed E-state index contributed by atoms with van der Waals surface area (Å²) in [5.41, 5.74) is 4.12. The molecule has 3 nitrogen and oxygen atoms in total. The highest BCUT2D eigenvalue weighted by atomic mass is 16.5. The Bertz CT molecular complexity index is 910. The number of carbonyl (C=O) groups excluding carboxylic acids is 1. The van der Waals surface area contributed by atoms with Crippen LogP contribution in [-0.4, -0.2) is 13.1 Å². The lowest BCUT2D eigenvalue weighted by Gasteiger charge is -2.11. The van der Waals surface area contributed by atoms with E-state index in [2.05, 4.69) is 38.1 Å². The van der Waals surface area contributed by atoms with Gasteiger partial charge < -0.3 is 9.47 Å². The summed E-state index contributed by atoms with van der Waals surface area (Å²) < 4.78 is 10.6. The van der Waals surface area contributed by atoms with E-state index < -0.39 is 0 Å². The fraction of sp³-hybridized carbons (Fsp3) is 0.269. The SMILES string of the molecule is CCCC(C)Cc1ccc(-c2ccc(OC(=O)c3ccc(OC)cc3)cc2)cc1. The van der Waals surface area contributed by atoms with E-state index in [9.17, 15) is 4.79 Å². The molecule has 150 valence electrons. The second-order valence-electron chi connectivity index (χ2n) is 7.44. The zero-order valence-electron chi connectivity index (χ0n) is 17.4. The highest BCUT2D eigenvalue weighted by Crippen LogP contribution is 2.24. The third kappa shape index (κ3) is 5.71.